The Labute approximate surface area is 122 Å². The van der Waals surface area contributed by atoms with Crippen LogP contribution in [-0.2, 0) is 4.79 Å². The number of hydrogen-bond acceptors (Lipinski definition) is 2. The van der Waals surface area contributed by atoms with Crippen LogP contribution < -0.4 is 16.0 Å². The molecule has 5 nitrogen and oxygen atoms in total. The van der Waals surface area contributed by atoms with Gasteiger partial charge in [0.2, 0.25) is 5.91 Å². The van der Waals surface area contributed by atoms with Gasteiger partial charge in [0, 0.05) is 13.1 Å². The Morgan fingerprint density at radius 2 is 2.00 bits per heavy atom. The van der Waals surface area contributed by atoms with Crippen LogP contribution in [0.2, 0.25) is 0 Å². The molecule has 116 valence electrons. The smallest absolute Gasteiger partial charge is 0.315 e. The van der Waals surface area contributed by atoms with Crippen LogP contribution in [0.1, 0.15) is 53.4 Å². The number of carbonyl (C=O) groups excluding carboxylic acids is 2. The maximum absolute atomic E-state index is 12.0. The van der Waals surface area contributed by atoms with Gasteiger partial charge in [0.1, 0.15) is 6.04 Å². The van der Waals surface area contributed by atoms with E-state index in [2.05, 4.69) is 36.7 Å². The van der Waals surface area contributed by atoms with Crippen molar-refractivity contribution in [2.75, 3.05) is 7.05 Å². The van der Waals surface area contributed by atoms with Crippen LogP contribution in [0.5, 0.6) is 0 Å². The van der Waals surface area contributed by atoms with Gasteiger partial charge in [-0.1, -0.05) is 27.7 Å². The summed E-state index contributed by atoms with van der Waals surface area (Å²) in [6.07, 6.45) is 3.82. The molecule has 3 amide bonds. The van der Waals surface area contributed by atoms with E-state index < -0.39 is 6.04 Å². The minimum absolute atomic E-state index is 0.152. The van der Waals surface area contributed by atoms with Crippen molar-refractivity contribution in [3.8, 4) is 0 Å². The summed E-state index contributed by atoms with van der Waals surface area (Å²) in [6, 6.07) is -0.502. The molecule has 0 heterocycles. The zero-order valence-corrected chi connectivity index (χ0v) is 13.4. The second kappa shape index (κ2) is 6.95. The van der Waals surface area contributed by atoms with Gasteiger partial charge in [0.05, 0.1) is 0 Å². The molecule has 0 aromatic heterocycles. The summed E-state index contributed by atoms with van der Waals surface area (Å²) in [5.74, 6) is 0.310. The highest BCUT2D eigenvalue weighted by Crippen LogP contribution is 2.38. The van der Waals surface area contributed by atoms with Gasteiger partial charge in [0.25, 0.3) is 0 Å². The molecule has 0 aromatic rings. The lowest BCUT2D eigenvalue weighted by molar-refractivity contribution is -0.122. The van der Waals surface area contributed by atoms with E-state index in [0.29, 0.717) is 17.8 Å². The Hall–Kier alpha value is -1.26. The number of hydrogen-bond donors (Lipinski definition) is 3. The quantitative estimate of drug-likeness (QED) is 0.739. The van der Waals surface area contributed by atoms with Crippen molar-refractivity contribution in [2.24, 2.45) is 11.3 Å². The van der Waals surface area contributed by atoms with Crippen LogP contribution in [0.25, 0.3) is 0 Å². The maximum Gasteiger partial charge on any atom is 0.315 e. The van der Waals surface area contributed by atoms with Crippen LogP contribution in [0.4, 0.5) is 4.79 Å². The molecule has 3 atom stereocenters. The average molecular weight is 283 g/mol. The Morgan fingerprint density at radius 1 is 1.35 bits per heavy atom. The number of rotatable bonds is 4. The predicted octanol–water partition coefficient (Wildman–Crippen LogP) is 2.02. The predicted molar refractivity (Wildman–Crippen MR) is 80.4 cm³/mol. The van der Waals surface area contributed by atoms with E-state index in [-0.39, 0.29) is 18.0 Å². The van der Waals surface area contributed by atoms with Gasteiger partial charge >= 0.3 is 6.03 Å². The Bertz CT molecular complexity index is 355. The van der Waals surface area contributed by atoms with Crippen LogP contribution in [0, 0.1) is 11.3 Å². The topological polar surface area (TPSA) is 70.2 Å². The van der Waals surface area contributed by atoms with Crippen molar-refractivity contribution in [1.29, 1.82) is 0 Å². The molecular weight excluding hydrogens is 254 g/mol. The lowest BCUT2D eigenvalue weighted by atomic mass is 9.70. The number of urea groups is 1. The SMILES string of the molecule is CCC(NC(=O)NC1CCC(C)(C)CC1C)C(=O)NC. The largest absolute Gasteiger partial charge is 0.357 e. The minimum atomic E-state index is -0.463. The molecule has 1 fully saturated rings. The number of likely N-dealkylation sites (N-methyl/N-ethyl adjacent to an activating group) is 1. The van der Waals surface area contributed by atoms with Gasteiger partial charge < -0.3 is 16.0 Å². The Morgan fingerprint density at radius 3 is 2.50 bits per heavy atom. The molecule has 3 unspecified atom stereocenters. The molecule has 0 spiro atoms. The Kier molecular flexibility index (Phi) is 5.84. The lowest BCUT2D eigenvalue weighted by Crippen LogP contribution is -2.53. The van der Waals surface area contributed by atoms with Gasteiger partial charge in [-0.3, -0.25) is 4.79 Å². The summed E-state index contributed by atoms with van der Waals surface area (Å²) >= 11 is 0. The van der Waals surface area contributed by atoms with Crippen molar-refractivity contribution in [1.82, 2.24) is 16.0 Å². The van der Waals surface area contributed by atoms with Crippen molar-refractivity contribution in [3.05, 3.63) is 0 Å². The number of nitrogens with one attached hydrogen (secondary N) is 3. The highest BCUT2D eigenvalue weighted by atomic mass is 16.2. The molecule has 1 rings (SSSR count). The molecule has 3 N–H and O–H groups in total. The molecular formula is C15H29N3O2. The van der Waals surface area contributed by atoms with Gasteiger partial charge in [-0.25, -0.2) is 4.79 Å². The summed E-state index contributed by atoms with van der Waals surface area (Å²) in [5.41, 5.74) is 0.363. The van der Waals surface area contributed by atoms with Crippen LogP contribution in [0.15, 0.2) is 0 Å². The molecule has 0 aliphatic heterocycles. The summed E-state index contributed by atoms with van der Waals surface area (Å²) in [7, 11) is 1.58. The second-order valence-electron chi connectivity index (χ2n) is 6.68. The van der Waals surface area contributed by atoms with Crippen molar-refractivity contribution in [2.45, 2.75) is 65.5 Å². The molecule has 1 aliphatic rings. The van der Waals surface area contributed by atoms with E-state index >= 15 is 0 Å². The van der Waals surface area contributed by atoms with Crippen molar-refractivity contribution >= 4 is 11.9 Å². The first kappa shape index (κ1) is 16.8. The van der Waals surface area contributed by atoms with Crippen LogP contribution >= 0.6 is 0 Å². The first-order valence-corrected chi connectivity index (χ1v) is 7.57. The zero-order chi connectivity index (χ0) is 15.3. The minimum Gasteiger partial charge on any atom is -0.357 e. The fraction of sp³-hybridized carbons (Fsp3) is 0.867. The van der Waals surface area contributed by atoms with Crippen molar-refractivity contribution < 1.29 is 9.59 Å². The normalized spacial score (nSPS) is 26.4. The zero-order valence-electron chi connectivity index (χ0n) is 13.4. The van der Waals surface area contributed by atoms with Gasteiger partial charge in [-0.2, -0.15) is 0 Å². The van der Waals surface area contributed by atoms with E-state index in [1.54, 1.807) is 7.05 Å². The van der Waals surface area contributed by atoms with Crippen molar-refractivity contribution in [3.63, 3.8) is 0 Å². The maximum atomic E-state index is 12.0. The average Bonchev–Trinajstić information content (AvgIpc) is 2.38. The number of carbonyl (C=O) groups is 2. The lowest BCUT2D eigenvalue weighted by Gasteiger charge is -2.39. The van der Waals surface area contributed by atoms with Gasteiger partial charge in [-0.05, 0) is 37.0 Å². The molecule has 5 heteroatoms. The Balaban J connectivity index is 2.48. The first-order valence-electron chi connectivity index (χ1n) is 7.57. The third kappa shape index (κ3) is 4.69. The third-order valence-electron chi connectivity index (χ3n) is 4.29. The third-order valence-corrected chi connectivity index (χ3v) is 4.29. The first-order chi connectivity index (χ1) is 9.29. The van der Waals surface area contributed by atoms with Gasteiger partial charge in [-0.15, -0.1) is 0 Å². The van der Waals surface area contributed by atoms with Crippen LogP contribution in [-0.4, -0.2) is 31.1 Å². The molecule has 20 heavy (non-hydrogen) atoms. The monoisotopic (exact) mass is 283 g/mol. The molecule has 0 bridgehead atoms. The molecule has 1 aliphatic carbocycles. The molecule has 0 aromatic carbocycles. The number of amides is 3. The molecule has 0 radical (unpaired) electrons. The van der Waals surface area contributed by atoms with Crippen LogP contribution in [0.3, 0.4) is 0 Å². The standard InChI is InChI=1S/C15H29N3O2/c1-6-11(13(19)16-5)17-14(20)18-12-7-8-15(3,4)9-10(12)2/h10-12H,6-9H2,1-5H3,(H,16,19)(H2,17,18,20). The fourth-order valence-corrected chi connectivity index (χ4v) is 3.06. The molecule has 1 saturated carbocycles. The van der Waals surface area contributed by atoms with Gasteiger partial charge in [0.15, 0.2) is 0 Å². The molecule has 0 saturated heterocycles. The summed E-state index contributed by atoms with van der Waals surface area (Å²) in [4.78, 5) is 23.6. The second-order valence-corrected chi connectivity index (χ2v) is 6.68. The highest BCUT2D eigenvalue weighted by Gasteiger charge is 2.33. The summed E-state index contributed by atoms with van der Waals surface area (Å²) in [5, 5.41) is 8.33. The van der Waals surface area contributed by atoms with E-state index in [0.717, 1.165) is 19.3 Å². The highest BCUT2D eigenvalue weighted by molar-refractivity contribution is 5.86. The fourth-order valence-electron chi connectivity index (χ4n) is 3.06. The van der Waals surface area contributed by atoms with E-state index in [1.807, 2.05) is 6.92 Å². The van der Waals surface area contributed by atoms with E-state index in [4.69, 9.17) is 0 Å². The van der Waals surface area contributed by atoms with E-state index in [9.17, 15) is 9.59 Å². The van der Waals surface area contributed by atoms with E-state index in [1.165, 1.54) is 0 Å². The summed E-state index contributed by atoms with van der Waals surface area (Å²) < 4.78 is 0. The summed E-state index contributed by atoms with van der Waals surface area (Å²) in [6.45, 7) is 8.62.